The van der Waals surface area contributed by atoms with Crippen LogP contribution in [0.5, 0.6) is 5.75 Å². The summed E-state index contributed by atoms with van der Waals surface area (Å²) in [5, 5.41) is 12.0. The van der Waals surface area contributed by atoms with Crippen molar-refractivity contribution >= 4 is 17.6 Å². The number of hydrogen-bond acceptors (Lipinski definition) is 4. The third-order valence-corrected chi connectivity index (χ3v) is 3.57. The van der Waals surface area contributed by atoms with Crippen molar-refractivity contribution in [1.82, 2.24) is 0 Å². The number of hydrogen-bond donors (Lipinski definition) is 2. The van der Waals surface area contributed by atoms with E-state index in [9.17, 15) is 14.7 Å². The summed E-state index contributed by atoms with van der Waals surface area (Å²) in [6, 6.07) is 5.04. The maximum Gasteiger partial charge on any atom is 0.318 e. The van der Waals surface area contributed by atoms with Crippen molar-refractivity contribution in [3.63, 3.8) is 0 Å². The Labute approximate surface area is 109 Å². The van der Waals surface area contributed by atoms with E-state index in [1.807, 2.05) is 0 Å². The molecule has 1 amide bonds. The van der Waals surface area contributed by atoms with Gasteiger partial charge in [-0.1, -0.05) is 6.07 Å². The molecule has 1 aromatic rings. The largest absolute Gasteiger partial charge is 0.480 e. The van der Waals surface area contributed by atoms with E-state index in [0.717, 1.165) is 0 Å². The van der Waals surface area contributed by atoms with Crippen molar-refractivity contribution in [3.8, 4) is 5.75 Å². The summed E-state index contributed by atoms with van der Waals surface area (Å²) >= 11 is 0. The van der Waals surface area contributed by atoms with Crippen LogP contribution in [-0.4, -0.2) is 36.3 Å². The van der Waals surface area contributed by atoms with Gasteiger partial charge < -0.3 is 19.9 Å². The van der Waals surface area contributed by atoms with Gasteiger partial charge in [-0.05, 0) is 24.6 Å². The first-order chi connectivity index (χ1) is 9.03. The molecule has 1 aromatic carbocycles. The summed E-state index contributed by atoms with van der Waals surface area (Å²) in [4.78, 5) is 22.9. The minimum atomic E-state index is -1.01. The summed E-state index contributed by atoms with van der Waals surface area (Å²) in [5.74, 6) is -0.606. The SMILES string of the molecule is CC1Oc2ccc(C3(C(=O)O)COC3)cc2NC1=O. The van der Waals surface area contributed by atoms with Gasteiger partial charge in [0.25, 0.3) is 5.91 Å². The molecule has 0 saturated carbocycles. The minimum Gasteiger partial charge on any atom is -0.480 e. The molecule has 1 unspecified atom stereocenters. The van der Waals surface area contributed by atoms with E-state index in [0.29, 0.717) is 17.0 Å². The third-order valence-electron chi connectivity index (χ3n) is 3.57. The fourth-order valence-electron chi connectivity index (χ4n) is 2.23. The number of carbonyl (C=O) groups is 2. The summed E-state index contributed by atoms with van der Waals surface area (Å²) in [6.07, 6.45) is -0.543. The Balaban J connectivity index is 2.00. The molecular weight excluding hydrogens is 250 g/mol. The molecule has 19 heavy (non-hydrogen) atoms. The molecule has 0 aromatic heterocycles. The number of anilines is 1. The molecule has 0 aliphatic carbocycles. The van der Waals surface area contributed by atoms with Crippen LogP contribution in [0.1, 0.15) is 12.5 Å². The number of ether oxygens (including phenoxy) is 2. The lowest BCUT2D eigenvalue weighted by Crippen LogP contribution is -2.53. The van der Waals surface area contributed by atoms with E-state index in [1.165, 1.54) is 0 Å². The normalized spacial score (nSPS) is 23.6. The molecule has 100 valence electrons. The van der Waals surface area contributed by atoms with Gasteiger partial charge in [-0.2, -0.15) is 0 Å². The van der Waals surface area contributed by atoms with E-state index in [2.05, 4.69) is 5.32 Å². The zero-order valence-electron chi connectivity index (χ0n) is 10.3. The number of rotatable bonds is 2. The van der Waals surface area contributed by atoms with Crippen molar-refractivity contribution in [2.45, 2.75) is 18.4 Å². The Morgan fingerprint density at radius 2 is 2.21 bits per heavy atom. The summed E-state index contributed by atoms with van der Waals surface area (Å²) in [5.41, 5.74) is 0.111. The molecule has 2 N–H and O–H groups in total. The van der Waals surface area contributed by atoms with Gasteiger partial charge in [0.05, 0.1) is 18.9 Å². The lowest BCUT2D eigenvalue weighted by Gasteiger charge is -2.38. The van der Waals surface area contributed by atoms with Crippen molar-refractivity contribution < 1.29 is 24.2 Å². The second-order valence-electron chi connectivity index (χ2n) is 4.84. The van der Waals surface area contributed by atoms with Crippen LogP contribution in [0.2, 0.25) is 0 Å². The van der Waals surface area contributed by atoms with E-state index in [-0.39, 0.29) is 19.1 Å². The Hall–Kier alpha value is -2.08. The van der Waals surface area contributed by atoms with E-state index in [4.69, 9.17) is 9.47 Å². The van der Waals surface area contributed by atoms with Crippen LogP contribution in [-0.2, 0) is 19.7 Å². The Kier molecular flexibility index (Phi) is 2.50. The number of carbonyl (C=O) groups excluding carboxylic acids is 1. The van der Waals surface area contributed by atoms with Gasteiger partial charge in [-0.3, -0.25) is 9.59 Å². The highest BCUT2D eigenvalue weighted by atomic mass is 16.5. The summed E-state index contributed by atoms with van der Waals surface area (Å²) in [6.45, 7) is 1.95. The Morgan fingerprint density at radius 3 is 2.79 bits per heavy atom. The number of nitrogens with one attached hydrogen (secondary N) is 1. The van der Waals surface area contributed by atoms with Crippen LogP contribution < -0.4 is 10.1 Å². The maximum atomic E-state index is 11.6. The molecule has 2 aliphatic heterocycles. The van der Waals surface area contributed by atoms with Gasteiger partial charge in [0, 0.05) is 0 Å². The summed E-state index contributed by atoms with van der Waals surface area (Å²) in [7, 11) is 0. The fraction of sp³-hybridized carbons (Fsp3) is 0.385. The van der Waals surface area contributed by atoms with Gasteiger partial charge in [0.15, 0.2) is 6.10 Å². The molecule has 0 spiro atoms. The topological polar surface area (TPSA) is 84.9 Å². The van der Waals surface area contributed by atoms with Crippen LogP contribution >= 0.6 is 0 Å². The molecule has 3 rings (SSSR count). The van der Waals surface area contributed by atoms with Crippen LogP contribution in [0.3, 0.4) is 0 Å². The number of benzene rings is 1. The molecule has 2 heterocycles. The Bertz CT molecular complexity index is 564. The highest BCUT2D eigenvalue weighted by Gasteiger charge is 2.48. The molecule has 1 saturated heterocycles. The van der Waals surface area contributed by atoms with Gasteiger partial charge in [-0.15, -0.1) is 0 Å². The molecule has 1 atom stereocenters. The van der Waals surface area contributed by atoms with E-state index >= 15 is 0 Å². The monoisotopic (exact) mass is 263 g/mol. The quantitative estimate of drug-likeness (QED) is 0.822. The number of aliphatic carboxylic acids is 1. The highest BCUT2D eigenvalue weighted by Crippen LogP contribution is 2.38. The third kappa shape index (κ3) is 1.67. The Morgan fingerprint density at radius 1 is 1.47 bits per heavy atom. The van der Waals surface area contributed by atoms with Crippen LogP contribution in [0, 0.1) is 0 Å². The van der Waals surface area contributed by atoms with Crippen molar-refractivity contribution in [3.05, 3.63) is 23.8 Å². The first kappa shape index (κ1) is 12.0. The van der Waals surface area contributed by atoms with Gasteiger partial charge >= 0.3 is 5.97 Å². The lowest BCUT2D eigenvalue weighted by molar-refractivity contribution is -0.163. The molecular formula is C13H13NO5. The zero-order valence-corrected chi connectivity index (χ0v) is 10.3. The first-order valence-electron chi connectivity index (χ1n) is 5.96. The smallest absolute Gasteiger partial charge is 0.318 e. The fourth-order valence-corrected chi connectivity index (χ4v) is 2.23. The second kappa shape index (κ2) is 3.96. The predicted octanol–water partition coefficient (Wildman–Crippen LogP) is 0.759. The molecule has 6 heteroatoms. The zero-order chi connectivity index (χ0) is 13.6. The molecule has 2 aliphatic rings. The number of amides is 1. The number of carboxylic acid groups (broad SMARTS) is 1. The molecule has 0 radical (unpaired) electrons. The van der Waals surface area contributed by atoms with Gasteiger partial charge in [0.1, 0.15) is 11.2 Å². The highest BCUT2D eigenvalue weighted by molar-refractivity contribution is 5.98. The average molecular weight is 263 g/mol. The van der Waals surface area contributed by atoms with Crippen LogP contribution in [0.15, 0.2) is 18.2 Å². The second-order valence-corrected chi connectivity index (χ2v) is 4.84. The van der Waals surface area contributed by atoms with Gasteiger partial charge in [0.2, 0.25) is 0 Å². The van der Waals surface area contributed by atoms with Crippen LogP contribution in [0.4, 0.5) is 5.69 Å². The summed E-state index contributed by atoms with van der Waals surface area (Å²) < 4.78 is 10.5. The number of fused-ring (bicyclic) bond motifs is 1. The van der Waals surface area contributed by atoms with E-state index < -0.39 is 17.5 Å². The molecule has 0 bridgehead atoms. The minimum absolute atomic E-state index is 0.145. The predicted molar refractivity (Wildman–Crippen MR) is 65.3 cm³/mol. The van der Waals surface area contributed by atoms with Crippen LogP contribution in [0.25, 0.3) is 0 Å². The van der Waals surface area contributed by atoms with Crippen molar-refractivity contribution in [1.29, 1.82) is 0 Å². The first-order valence-corrected chi connectivity index (χ1v) is 5.96. The molecule has 6 nitrogen and oxygen atoms in total. The van der Waals surface area contributed by atoms with Crippen molar-refractivity contribution in [2.75, 3.05) is 18.5 Å². The van der Waals surface area contributed by atoms with Gasteiger partial charge in [-0.25, -0.2) is 0 Å². The lowest BCUT2D eigenvalue weighted by atomic mass is 9.78. The standard InChI is InChI=1S/C13H13NO5/c1-7-11(15)14-9-4-8(2-3-10(9)19-7)13(12(16)17)5-18-6-13/h2-4,7H,5-6H2,1H3,(H,14,15)(H,16,17). The average Bonchev–Trinajstić information content (AvgIpc) is 2.29. The molecule has 1 fully saturated rings. The number of carboxylic acids is 1. The maximum absolute atomic E-state index is 11.6. The van der Waals surface area contributed by atoms with E-state index in [1.54, 1.807) is 25.1 Å². The van der Waals surface area contributed by atoms with Crippen molar-refractivity contribution in [2.24, 2.45) is 0 Å².